The number of hydrogen-bond acceptors (Lipinski definition) is 3. The van der Waals surface area contributed by atoms with Gasteiger partial charge in [-0.3, -0.25) is 0 Å². The number of esters is 1. The van der Waals surface area contributed by atoms with Crippen molar-refractivity contribution in [2.45, 2.75) is 13.0 Å². The number of aliphatic hydroxyl groups is 1. The molecule has 0 saturated carbocycles. The van der Waals surface area contributed by atoms with E-state index in [1.807, 2.05) is 0 Å². The molecular formula is C10H10F2O3. The molecule has 1 unspecified atom stereocenters. The molecule has 0 amide bonds. The van der Waals surface area contributed by atoms with Crippen LogP contribution in [0.4, 0.5) is 8.78 Å². The minimum atomic E-state index is -1.80. The summed E-state index contributed by atoms with van der Waals surface area (Å²) in [6.45, 7) is 1.52. The van der Waals surface area contributed by atoms with E-state index >= 15 is 0 Å². The van der Waals surface area contributed by atoms with Crippen LogP contribution in [-0.4, -0.2) is 18.2 Å². The molecule has 3 nitrogen and oxygen atoms in total. The van der Waals surface area contributed by atoms with Crippen molar-refractivity contribution in [2.24, 2.45) is 0 Å². The molecule has 1 aromatic carbocycles. The third kappa shape index (κ3) is 2.30. The Bertz CT molecular complexity index is 390. The van der Waals surface area contributed by atoms with Crippen LogP contribution in [0.15, 0.2) is 12.1 Å². The molecule has 1 N–H and O–H groups in total. The van der Waals surface area contributed by atoms with Gasteiger partial charge in [-0.2, -0.15) is 0 Å². The van der Waals surface area contributed by atoms with Crippen LogP contribution in [0.25, 0.3) is 0 Å². The second-order valence-corrected chi connectivity index (χ2v) is 3.08. The first-order valence-corrected chi connectivity index (χ1v) is 4.18. The minimum absolute atomic E-state index is 0.409. The van der Waals surface area contributed by atoms with Crippen LogP contribution in [0.1, 0.15) is 17.2 Å². The fraction of sp³-hybridized carbons (Fsp3) is 0.300. The summed E-state index contributed by atoms with van der Waals surface area (Å²) < 4.78 is 30.3. The lowest BCUT2D eigenvalue weighted by atomic mass is 10.1. The van der Waals surface area contributed by atoms with Gasteiger partial charge in [0.25, 0.3) is 0 Å². The van der Waals surface area contributed by atoms with E-state index in [0.29, 0.717) is 5.56 Å². The van der Waals surface area contributed by atoms with Gasteiger partial charge in [0.1, 0.15) is 0 Å². The number of carbonyl (C=O) groups is 1. The van der Waals surface area contributed by atoms with Crippen LogP contribution in [0.2, 0.25) is 0 Å². The number of benzene rings is 1. The average molecular weight is 216 g/mol. The lowest BCUT2D eigenvalue weighted by Crippen LogP contribution is -2.15. The molecule has 0 aliphatic heterocycles. The molecule has 0 aliphatic rings. The first-order chi connectivity index (χ1) is 6.97. The van der Waals surface area contributed by atoms with Gasteiger partial charge in [0.05, 0.1) is 7.11 Å². The third-order valence-electron chi connectivity index (χ3n) is 1.92. The zero-order valence-corrected chi connectivity index (χ0v) is 8.25. The van der Waals surface area contributed by atoms with Crippen molar-refractivity contribution in [1.82, 2.24) is 0 Å². The van der Waals surface area contributed by atoms with Crippen molar-refractivity contribution in [3.8, 4) is 0 Å². The van der Waals surface area contributed by atoms with Gasteiger partial charge < -0.3 is 9.84 Å². The second-order valence-electron chi connectivity index (χ2n) is 3.08. The standard InChI is InChI=1S/C10H10F2O3/c1-5-3-6(8(12)7(11)4-5)9(13)10(14)15-2/h3-4,9,13H,1-2H3. The van der Waals surface area contributed by atoms with Gasteiger partial charge >= 0.3 is 5.97 Å². The van der Waals surface area contributed by atoms with Crippen LogP contribution in [0.3, 0.4) is 0 Å². The maximum atomic E-state index is 13.2. The molecule has 0 bridgehead atoms. The normalized spacial score (nSPS) is 12.3. The lowest BCUT2D eigenvalue weighted by Gasteiger charge is -2.10. The number of methoxy groups -OCH3 is 1. The summed E-state index contributed by atoms with van der Waals surface area (Å²) in [4.78, 5) is 10.9. The summed E-state index contributed by atoms with van der Waals surface area (Å²) in [7, 11) is 1.05. The Balaban J connectivity index is 3.19. The summed E-state index contributed by atoms with van der Waals surface area (Å²) in [5.41, 5.74) is -0.00815. The molecule has 15 heavy (non-hydrogen) atoms. The SMILES string of the molecule is COC(=O)C(O)c1cc(C)cc(F)c1F. The highest BCUT2D eigenvalue weighted by molar-refractivity contribution is 5.76. The van der Waals surface area contributed by atoms with Gasteiger partial charge in [-0.1, -0.05) is 0 Å². The molecule has 1 rings (SSSR count). The molecular weight excluding hydrogens is 206 g/mol. The summed E-state index contributed by atoms with van der Waals surface area (Å²) >= 11 is 0. The van der Waals surface area contributed by atoms with E-state index in [2.05, 4.69) is 4.74 Å². The van der Waals surface area contributed by atoms with Crippen LogP contribution in [0.5, 0.6) is 0 Å². The van der Waals surface area contributed by atoms with E-state index in [4.69, 9.17) is 0 Å². The fourth-order valence-electron chi connectivity index (χ4n) is 1.19. The van der Waals surface area contributed by atoms with Crippen molar-refractivity contribution in [1.29, 1.82) is 0 Å². The smallest absolute Gasteiger partial charge is 0.339 e. The van der Waals surface area contributed by atoms with Gasteiger partial charge in [0, 0.05) is 5.56 Å². The van der Waals surface area contributed by atoms with Crippen LogP contribution >= 0.6 is 0 Å². The predicted molar refractivity (Wildman–Crippen MR) is 48.1 cm³/mol. The van der Waals surface area contributed by atoms with Gasteiger partial charge in [-0.15, -0.1) is 0 Å². The predicted octanol–water partition coefficient (Wildman–Crippen LogP) is 1.48. The van der Waals surface area contributed by atoms with Gasteiger partial charge in [0.15, 0.2) is 17.7 Å². The fourth-order valence-corrected chi connectivity index (χ4v) is 1.19. The Kier molecular flexibility index (Phi) is 3.36. The molecule has 1 aromatic rings. The molecule has 0 aliphatic carbocycles. The van der Waals surface area contributed by atoms with Crippen molar-refractivity contribution >= 4 is 5.97 Å². The third-order valence-corrected chi connectivity index (χ3v) is 1.92. The number of aryl methyl sites for hydroxylation is 1. The van der Waals surface area contributed by atoms with E-state index in [-0.39, 0.29) is 0 Å². The summed E-state index contributed by atoms with van der Waals surface area (Å²) in [5.74, 6) is -3.37. The lowest BCUT2D eigenvalue weighted by molar-refractivity contribution is -0.150. The highest BCUT2D eigenvalue weighted by atomic mass is 19.2. The maximum absolute atomic E-state index is 13.2. The number of rotatable bonds is 2. The van der Waals surface area contributed by atoms with Gasteiger partial charge in [0.2, 0.25) is 0 Å². The van der Waals surface area contributed by atoms with Crippen LogP contribution in [-0.2, 0) is 9.53 Å². The summed E-state index contributed by atoms with van der Waals surface area (Å²) in [6.07, 6.45) is -1.80. The Morgan fingerprint density at radius 3 is 2.60 bits per heavy atom. The molecule has 0 aromatic heterocycles. The molecule has 82 valence electrons. The summed E-state index contributed by atoms with van der Waals surface area (Å²) in [5, 5.41) is 9.34. The molecule has 1 atom stereocenters. The number of hydrogen-bond donors (Lipinski definition) is 1. The molecule has 0 saturated heterocycles. The van der Waals surface area contributed by atoms with E-state index in [1.54, 1.807) is 0 Å². The molecule has 0 heterocycles. The van der Waals surface area contributed by atoms with Crippen molar-refractivity contribution in [2.75, 3.05) is 7.11 Å². The number of halogens is 2. The van der Waals surface area contributed by atoms with Crippen LogP contribution < -0.4 is 0 Å². The van der Waals surface area contributed by atoms with E-state index < -0.39 is 29.3 Å². The number of carbonyl (C=O) groups excluding carboxylic acids is 1. The van der Waals surface area contributed by atoms with Crippen molar-refractivity contribution in [3.05, 3.63) is 34.9 Å². The Hall–Kier alpha value is -1.49. The maximum Gasteiger partial charge on any atom is 0.339 e. The van der Waals surface area contributed by atoms with Crippen LogP contribution in [0, 0.1) is 18.6 Å². The number of ether oxygens (including phenoxy) is 1. The second kappa shape index (κ2) is 4.35. The zero-order valence-electron chi connectivity index (χ0n) is 8.25. The first-order valence-electron chi connectivity index (χ1n) is 4.18. The minimum Gasteiger partial charge on any atom is -0.467 e. The quantitative estimate of drug-likeness (QED) is 0.761. The van der Waals surface area contributed by atoms with Gasteiger partial charge in [-0.25, -0.2) is 13.6 Å². The molecule has 0 spiro atoms. The van der Waals surface area contributed by atoms with E-state index in [9.17, 15) is 18.7 Å². The number of aliphatic hydroxyl groups excluding tert-OH is 1. The van der Waals surface area contributed by atoms with Gasteiger partial charge in [-0.05, 0) is 24.6 Å². The Morgan fingerprint density at radius 1 is 1.47 bits per heavy atom. The van der Waals surface area contributed by atoms with Crippen molar-refractivity contribution in [3.63, 3.8) is 0 Å². The van der Waals surface area contributed by atoms with E-state index in [1.165, 1.54) is 13.0 Å². The highest BCUT2D eigenvalue weighted by Gasteiger charge is 2.23. The summed E-state index contributed by atoms with van der Waals surface area (Å²) in [6, 6.07) is 2.17. The average Bonchev–Trinajstić information content (AvgIpc) is 2.21. The monoisotopic (exact) mass is 216 g/mol. The highest BCUT2D eigenvalue weighted by Crippen LogP contribution is 2.22. The molecule has 0 fully saturated rings. The van der Waals surface area contributed by atoms with E-state index in [0.717, 1.165) is 13.2 Å². The molecule has 0 radical (unpaired) electrons. The topological polar surface area (TPSA) is 46.5 Å². The Labute approximate surface area is 85.3 Å². The first kappa shape index (κ1) is 11.6. The Morgan fingerprint density at radius 2 is 2.07 bits per heavy atom. The zero-order chi connectivity index (χ0) is 11.6. The molecule has 5 heteroatoms. The van der Waals surface area contributed by atoms with Crippen molar-refractivity contribution < 1.29 is 23.4 Å². The largest absolute Gasteiger partial charge is 0.467 e.